The number of ketones is 1. The first-order chi connectivity index (χ1) is 16.0. The van der Waals surface area contributed by atoms with Gasteiger partial charge in [-0.05, 0) is 50.1 Å². The van der Waals surface area contributed by atoms with Crippen molar-refractivity contribution in [1.82, 2.24) is 10.2 Å². The quantitative estimate of drug-likeness (QED) is 0.487. The number of carbonyl (C=O) groups is 3. The standard InChI is InChI=1S/C24H30FN3O5S/c1-5-22(24(31)26-6-2)27(15-18-10-12-20(25)13-11-18)23(30)16-28(34(4,32)33)21-9-7-8-19(14-21)17(3)29/h7-14,22H,5-6,15-16H2,1-4H3,(H,26,31)/t22-/m1/s1. The van der Waals surface area contributed by atoms with Crippen molar-refractivity contribution in [1.29, 1.82) is 0 Å². The van der Waals surface area contributed by atoms with Crippen LogP contribution in [0.4, 0.5) is 10.1 Å². The maximum atomic E-state index is 13.5. The van der Waals surface area contributed by atoms with E-state index in [9.17, 15) is 27.2 Å². The largest absolute Gasteiger partial charge is 0.355 e. The van der Waals surface area contributed by atoms with Crippen molar-refractivity contribution >= 4 is 33.3 Å². The molecule has 0 bridgehead atoms. The Morgan fingerprint density at radius 1 is 1.06 bits per heavy atom. The van der Waals surface area contributed by atoms with Crippen molar-refractivity contribution in [2.75, 3.05) is 23.7 Å². The van der Waals surface area contributed by atoms with Crippen LogP contribution in [0.2, 0.25) is 0 Å². The van der Waals surface area contributed by atoms with E-state index in [2.05, 4.69) is 5.32 Å². The Morgan fingerprint density at radius 2 is 1.71 bits per heavy atom. The fourth-order valence-corrected chi connectivity index (χ4v) is 4.33. The van der Waals surface area contributed by atoms with Crippen molar-refractivity contribution in [2.45, 2.75) is 39.8 Å². The molecule has 0 heterocycles. The molecular formula is C24H30FN3O5S. The van der Waals surface area contributed by atoms with Crippen LogP contribution in [0.15, 0.2) is 48.5 Å². The lowest BCUT2D eigenvalue weighted by Gasteiger charge is -2.32. The number of sulfonamides is 1. The van der Waals surface area contributed by atoms with Crippen molar-refractivity contribution < 1.29 is 27.2 Å². The molecule has 1 N–H and O–H groups in total. The van der Waals surface area contributed by atoms with Gasteiger partial charge in [-0.2, -0.15) is 0 Å². The van der Waals surface area contributed by atoms with Crippen molar-refractivity contribution in [3.8, 4) is 0 Å². The van der Waals surface area contributed by atoms with Gasteiger partial charge in [0.2, 0.25) is 21.8 Å². The molecule has 8 nitrogen and oxygen atoms in total. The third-order valence-electron chi connectivity index (χ3n) is 5.22. The van der Waals surface area contributed by atoms with Crippen LogP contribution in [-0.4, -0.2) is 56.3 Å². The molecule has 0 fully saturated rings. The summed E-state index contributed by atoms with van der Waals surface area (Å²) < 4.78 is 39.5. The van der Waals surface area contributed by atoms with E-state index in [0.717, 1.165) is 10.6 Å². The van der Waals surface area contributed by atoms with Crippen LogP contribution in [0.1, 0.15) is 43.1 Å². The summed E-state index contributed by atoms with van der Waals surface area (Å²) in [6, 6.07) is 10.6. The van der Waals surface area contributed by atoms with Gasteiger partial charge in [0.25, 0.3) is 0 Å². The van der Waals surface area contributed by atoms with E-state index in [1.54, 1.807) is 19.9 Å². The van der Waals surface area contributed by atoms with Crippen molar-refractivity contribution in [3.05, 3.63) is 65.5 Å². The molecule has 2 rings (SSSR count). The maximum Gasteiger partial charge on any atom is 0.244 e. The van der Waals surface area contributed by atoms with Crippen LogP contribution in [0, 0.1) is 5.82 Å². The number of hydrogen-bond acceptors (Lipinski definition) is 5. The van der Waals surface area contributed by atoms with E-state index in [1.807, 2.05) is 0 Å². The van der Waals surface area contributed by atoms with Crippen LogP contribution in [0.5, 0.6) is 0 Å². The van der Waals surface area contributed by atoms with Gasteiger partial charge in [-0.15, -0.1) is 0 Å². The summed E-state index contributed by atoms with van der Waals surface area (Å²) in [6.07, 6.45) is 1.25. The van der Waals surface area contributed by atoms with Gasteiger partial charge < -0.3 is 10.2 Å². The number of Topliss-reactive ketones (excluding diaryl/α,β-unsaturated/α-hetero) is 1. The highest BCUT2D eigenvalue weighted by Crippen LogP contribution is 2.21. The summed E-state index contributed by atoms with van der Waals surface area (Å²) in [4.78, 5) is 39.2. The van der Waals surface area contributed by atoms with E-state index >= 15 is 0 Å². The summed E-state index contributed by atoms with van der Waals surface area (Å²) in [6.45, 7) is 4.63. The Bertz CT molecular complexity index is 1140. The lowest BCUT2D eigenvalue weighted by molar-refractivity contribution is -0.140. The second-order valence-corrected chi connectivity index (χ2v) is 9.75. The third-order valence-corrected chi connectivity index (χ3v) is 6.36. The monoisotopic (exact) mass is 491 g/mol. The van der Waals surface area contributed by atoms with Crippen LogP contribution in [0.3, 0.4) is 0 Å². The van der Waals surface area contributed by atoms with Gasteiger partial charge >= 0.3 is 0 Å². The second kappa shape index (κ2) is 11.7. The molecule has 0 aliphatic carbocycles. The number of nitrogens with zero attached hydrogens (tertiary/aromatic N) is 2. The zero-order valence-electron chi connectivity index (χ0n) is 19.7. The Hall–Kier alpha value is -3.27. The molecule has 0 saturated heterocycles. The molecule has 0 unspecified atom stereocenters. The fraction of sp³-hybridized carbons (Fsp3) is 0.375. The SMILES string of the molecule is CCNC(=O)[C@@H](CC)N(Cc1ccc(F)cc1)C(=O)CN(c1cccc(C(C)=O)c1)S(C)(=O)=O. The number of anilines is 1. The average Bonchev–Trinajstić information content (AvgIpc) is 2.78. The zero-order chi connectivity index (χ0) is 25.5. The molecule has 2 aromatic rings. The van der Waals surface area contributed by atoms with E-state index < -0.39 is 34.3 Å². The first-order valence-corrected chi connectivity index (χ1v) is 12.7. The highest BCUT2D eigenvalue weighted by atomic mass is 32.2. The van der Waals surface area contributed by atoms with Gasteiger partial charge in [0.15, 0.2) is 5.78 Å². The van der Waals surface area contributed by atoms with Gasteiger partial charge in [0, 0.05) is 18.7 Å². The minimum Gasteiger partial charge on any atom is -0.355 e. The Kier molecular flexibility index (Phi) is 9.31. The van der Waals surface area contributed by atoms with E-state index in [1.165, 1.54) is 54.3 Å². The number of amides is 2. The zero-order valence-corrected chi connectivity index (χ0v) is 20.6. The van der Waals surface area contributed by atoms with Crippen LogP contribution < -0.4 is 9.62 Å². The highest BCUT2D eigenvalue weighted by Gasteiger charge is 2.31. The number of halogens is 1. The lowest BCUT2D eigenvalue weighted by atomic mass is 10.1. The Labute approximate surface area is 199 Å². The normalized spacial score (nSPS) is 12.0. The number of benzene rings is 2. The van der Waals surface area contributed by atoms with Crippen LogP contribution in [-0.2, 0) is 26.2 Å². The second-order valence-electron chi connectivity index (χ2n) is 7.84. The fourth-order valence-electron chi connectivity index (χ4n) is 3.49. The number of hydrogen-bond donors (Lipinski definition) is 1. The Balaban J connectivity index is 2.45. The Morgan fingerprint density at radius 3 is 2.24 bits per heavy atom. The molecule has 0 spiro atoms. The predicted octanol–water partition coefficient (Wildman–Crippen LogP) is 2.74. The van der Waals surface area contributed by atoms with E-state index in [-0.39, 0.29) is 30.3 Å². The van der Waals surface area contributed by atoms with Gasteiger partial charge in [0.1, 0.15) is 18.4 Å². The summed E-state index contributed by atoms with van der Waals surface area (Å²) in [5.74, 6) is -1.67. The van der Waals surface area contributed by atoms with E-state index in [4.69, 9.17) is 0 Å². The summed E-state index contributed by atoms with van der Waals surface area (Å²) in [5, 5.41) is 2.70. The summed E-state index contributed by atoms with van der Waals surface area (Å²) >= 11 is 0. The number of carbonyl (C=O) groups excluding carboxylic acids is 3. The maximum absolute atomic E-state index is 13.5. The van der Waals surface area contributed by atoms with E-state index in [0.29, 0.717) is 17.7 Å². The van der Waals surface area contributed by atoms with Gasteiger partial charge in [-0.1, -0.05) is 31.2 Å². The molecule has 10 heteroatoms. The molecule has 34 heavy (non-hydrogen) atoms. The van der Waals surface area contributed by atoms with Gasteiger partial charge in [-0.3, -0.25) is 18.7 Å². The molecular weight excluding hydrogens is 461 g/mol. The van der Waals surface area contributed by atoms with Crippen LogP contribution in [0.25, 0.3) is 0 Å². The molecule has 0 saturated carbocycles. The molecule has 2 amide bonds. The summed E-state index contributed by atoms with van der Waals surface area (Å²) in [7, 11) is -3.91. The third kappa shape index (κ3) is 7.11. The number of likely N-dealkylation sites (N-methyl/N-ethyl adjacent to an activating group) is 1. The molecule has 0 aliphatic rings. The topological polar surface area (TPSA) is 104 Å². The van der Waals surface area contributed by atoms with Crippen molar-refractivity contribution in [3.63, 3.8) is 0 Å². The molecule has 0 radical (unpaired) electrons. The first kappa shape index (κ1) is 27.0. The average molecular weight is 492 g/mol. The van der Waals surface area contributed by atoms with Gasteiger partial charge in [0.05, 0.1) is 11.9 Å². The molecule has 2 aromatic carbocycles. The first-order valence-electron chi connectivity index (χ1n) is 10.9. The van der Waals surface area contributed by atoms with Crippen LogP contribution >= 0.6 is 0 Å². The lowest BCUT2D eigenvalue weighted by Crippen LogP contribution is -2.52. The van der Waals surface area contributed by atoms with Crippen molar-refractivity contribution in [2.24, 2.45) is 0 Å². The summed E-state index contributed by atoms with van der Waals surface area (Å²) in [5.41, 5.74) is 1.05. The molecule has 0 aromatic heterocycles. The smallest absolute Gasteiger partial charge is 0.244 e. The number of nitrogens with one attached hydrogen (secondary N) is 1. The molecule has 0 aliphatic heterocycles. The van der Waals surface area contributed by atoms with Gasteiger partial charge in [-0.25, -0.2) is 12.8 Å². The predicted molar refractivity (Wildman–Crippen MR) is 128 cm³/mol. The molecule has 1 atom stereocenters. The minimum atomic E-state index is -3.91. The minimum absolute atomic E-state index is 0.0140. The molecule has 184 valence electrons. The highest BCUT2D eigenvalue weighted by molar-refractivity contribution is 7.92. The number of rotatable bonds is 11.